The third-order valence-corrected chi connectivity index (χ3v) is 2.90. The molecule has 5 nitrogen and oxygen atoms in total. The number of aliphatic carboxylic acids is 1. The Morgan fingerprint density at radius 3 is 2.59 bits per heavy atom. The van der Waals surface area contributed by atoms with Crippen molar-refractivity contribution in [2.75, 3.05) is 13.1 Å². The van der Waals surface area contributed by atoms with Crippen molar-refractivity contribution in [2.45, 2.75) is 38.1 Å². The van der Waals surface area contributed by atoms with Crippen molar-refractivity contribution in [3.8, 4) is 12.3 Å². The number of rotatable bonds is 5. The molecule has 0 radical (unpaired) electrons. The maximum Gasteiger partial charge on any atom is 0.318 e. The second kappa shape index (κ2) is 6.79. The first-order valence-corrected chi connectivity index (χ1v) is 5.85. The molecule has 0 saturated heterocycles. The molecule has 1 rings (SSSR count). The number of nitrogens with zero attached hydrogens (tertiary/aromatic N) is 1. The van der Waals surface area contributed by atoms with E-state index >= 15 is 0 Å². The van der Waals surface area contributed by atoms with Crippen molar-refractivity contribution < 1.29 is 14.7 Å². The molecule has 0 atom stereocenters. The Labute approximate surface area is 101 Å². The third kappa shape index (κ3) is 4.35. The number of carbonyl (C=O) groups is 2. The number of urea groups is 1. The highest BCUT2D eigenvalue weighted by molar-refractivity contribution is 5.75. The maximum absolute atomic E-state index is 11.8. The van der Waals surface area contributed by atoms with Gasteiger partial charge in [-0.05, 0) is 12.8 Å². The second-order valence-corrected chi connectivity index (χ2v) is 4.15. The van der Waals surface area contributed by atoms with Gasteiger partial charge in [-0.3, -0.25) is 4.79 Å². The molecule has 0 aromatic carbocycles. The van der Waals surface area contributed by atoms with E-state index in [0.717, 1.165) is 25.7 Å². The monoisotopic (exact) mass is 238 g/mol. The summed E-state index contributed by atoms with van der Waals surface area (Å²) in [6.45, 7) is 0.422. The van der Waals surface area contributed by atoms with Crippen molar-refractivity contribution >= 4 is 12.0 Å². The summed E-state index contributed by atoms with van der Waals surface area (Å²) in [7, 11) is 0. The molecule has 5 heteroatoms. The van der Waals surface area contributed by atoms with Gasteiger partial charge in [0.15, 0.2) is 0 Å². The number of hydrogen-bond acceptors (Lipinski definition) is 2. The minimum absolute atomic E-state index is 0.0691. The lowest BCUT2D eigenvalue weighted by atomic mass is 10.2. The van der Waals surface area contributed by atoms with Gasteiger partial charge in [0.1, 0.15) is 0 Å². The molecule has 0 aromatic rings. The van der Waals surface area contributed by atoms with Crippen molar-refractivity contribution in [3.05, 3.63) is 0 Å². The number of carbonyl (C=O) groups excluding carboxylic acids is 1. The van der Waals surface area contributed by atoms with E-state index in [1.54, 1.807) is 4.90 Å². The fourth-order valence-corrected chi connectivity index (χ4v) is 2.06. The zero-order chi connectivity index (χ0) is 12.7. The van der Waals surface area contributed by atoms with Crippen LogP contribution in [-0.2, 0) is 4.79 Å². The Morgan fingerprint density at radius 2 is 2.06 bits per heavy atom. The van der Waals surface area contributed by atoms with E-state index in [4.69, 9.17) is 11.5 Å². The number of nitrogens with one attached hydrogen (secondary N) is 1. The molecule has 1 aliphatic carbocycles. The predicted molar refractivity (Wildman–Crippen MR) is 63.4 cm³/mol. The Hall–Kier alpha value is -1.70. The lowest BCUT2D eigenvalue weighted by Gasteiger charge is -2.27. The fraction of sp³-hybridized carbons (Fsp3) is 0.667. The van der Waals surface area contributed by atoms with Gasteiger partial charge in [-0.2, -0.15) is 0 Å². The molecule has 0 spiro atoms. The molecule has 2 N–H and O–H groups in total. The van der Waals surface area contributed by atoms with E-state index in [0.29, 0.717) is 0 Å². The van der Waals surface area contributed by atoms with Crippen molar-refractivity contribution in [2.24, 2.45) is 0 Å². The first kappa shape index (κ1) is 13.4. The molecular formula is C12H18N2O3. The Morgan fingerprint density at radius 1 is 1.41 bits per heavy atom. The van der Waals surface area contributed by atoms with Gasteiger partial charge < -0.3 is 15.3 Å². The van der Waals surface area contributed by atoms with Crippen molar-refractivity contribution in [3.63, 3.8) is 0 Å². The summed E-state index contributed by atoms with van der Waals surface area (Å²) in [5, 5.41) is 11.1. The Balaban J connectivity index is 2.43. The van der Waals surface area contributed by atoms with Crippen LogP contribution >= 0.6 is 0 Å². The van der Waals surface area contributed by atoms with Crippen LogP contribution in [0.25, 0.3) is 0 Å². The first-order chi connectivity index (χ1) is 8.15. The van der Waals surface area contributed by atoms with Gasteiger partial charge in [-0.1, -0.05) is 18.8 Å². The van der Waals surface area contributed by atoms with E-state index < -0.39 is 5.97 Å². The summed E-state index contributed by atoms with van der Waals surface area (Å²) in [5.41, 5.74) is 0. The van der Waals surface area contributed by atoms with Crippen LogP contribution in [0.3, 0.4) is 0 Å². The molecule has 0 aromatic heterocycles. The van der Waals surface area contributed by atoms with Gasteiger partial charge >= 0.3 is 12.0 Å². The van der Waals surface area contributed by atoms with Crippen LogP contribution in [0.4, 0.5) is 4.79 Å². The second-order valence-electron chi connectivity index (χ2n) is 4.15. The van der Waals surface area contributed by atoms with E-state index in [1.807, 2.05) is 0 Å². The highest BCUT2D eigenvalue weighted by Gasteiger charge is 2.25. The average Bonchev–Trinajstić information content (AvgIpc) is 2.78. The molecule has 1 aliphatic rings. The number of carboxylic acids is 1. The largest absolute Gasteiger partial charge is 0.481 e. The summed E-state index contributed by atoms with van der Waals surface area (Å²) < 4.78 is 0. The van der Waals surface area contributed by atoms with E-state index in [9.17, 15) is 9.59 Å². The van der Waals surface area contributed by atoms with Gasteiger partial charge in [-0.15, -0.1) is 6.42 Å². The Bertz CT molecular complexity index is 316. The van der Waals surface area contributed by atoms with Crippen LogP contribution < -0.4 is 5.32 Å². The normalized spacial score (nSPS) is 15.2. The molecule has 1 fully saturated rings. The summed E-state index contributed by atoms with van der Waals surface area (Å²) in [5.74, 6) is 1.55. The van der Waals surface area contributed by atoms with Crippen LogP contribution in [0, 0.1) is 12.3 Å². The van der Waals surface area contributed by atoms with E-state index in [2.05, 4.69) is 11.2 Å². The lowest BCUT2D eigenvalue weighted by Crippen LogP contribution is -2.45. The van der Waals surface area contributed by atoms with Gasteiger partial charge in [-0.25, -0.2) is 4.79 Å². The molecule has 0 unspecified atom stereocenters. The number of carboxylic acid groups (broad SMARTS) is 1. The quantitative estimate of drug-likeness (QED) is 0.703. The van der Waals surface area contributed by atoms with E-state index in [1.165, 1.54) is 0 Å². The summed E-state index contributed by atoms with van der Waals surface area (Å²) in [4.78, 5) is 23.8. The number of amides is 2. The predicted octanol–water partition coefficient (Wildman–Crippen LogP) is 1.05. The molecular weight excluding hydrogens is 220 g/mol. The molecule has 94 valence electrons. The average molecular weight is 238 g/mol. The highest BCUT2D eigenvalue weighted by Crippen LogP contribution is 2.23. The summed E-state index contributed by atoms with van der Waals surface area (Å²) in [6, 6.07) is -0.0491. The van der Waals surface area contributed by atoms with Gasteiger partial charge in [0, 0.05) is 12.6 Å². The number of hydrogen-bond donors (Lipinski definition) is 2. The lowest BCUT2D eigenvalue weighted by molar-refractivity contribution is -0.136. The van der Waals surface area contributed by atoms with Crippen LogP contribution in [0.1, 0.15) is 32.1 Å². The van der Waals surface area contributed by atoms with Crippen LogP contribution in [0.5, 0.6) is 0 Å². The van der Waals surface area contributed by atoms with Crippen LogP contribution in [-0.4, -0.2) is 41.1 Å². The van der Waals surface area contributed by atoms with Crippen molar-refractivity contribution in [1.82, 2.24) is 10.2 Å². The minimum Gasteiger partial charge on any atom is -0.481 e. The fourth-order valence-electron chi connectivity index (χ4n) is 2.06. The molecule has 0 bridgehead atoms. The summed E-state index contributed by atoms with van der Waals surface area (Å²) in [6.07, 6.45) is 9.38. The third-order valence-electron chi connectivity index (χ3n) is 2.90. The molecule has 17 heavy (non-hydrogen) atoms. The molecule has 2 amide bonds. The zero-order valence-corrected chi connectivity index (χ0v) is 9.82. The van der Waals surface area contributed by atoms with Gasteiger partial charge in [0.05, 0.1) is 13.0 Å². The van der Waals surface area contributed by atoms with Gasteiger partial charge in [0.25, 0.3) is 0 Å². The Kier molecular flexibility index (Phi) is 5.34. The van der Waals surface area contributed by atoms with Crippen molar-refractivity contribution in [1.29, 1.82) is 0 Å². The topological polar surface area (TPSA) is 69.6 Å². The minimum atomic E-state index is -0.922. The SMILES string of the molecule is C#CCN(C(=O)NCCC(=O)O)C1CCCC1. The van der Waals surface area contributed by atoms with E-state index in [-0.39, 0.29) is 31.6 Å². The van der Waals surface area contributed by atoms with Gasteiger partial charge in [0.2, 0.25) is 0 Å². The maximum atomic E-state index is 11.8. The molecule has 0 aliphatic heterocycles. The smallest absolute Gasteiger partial charge is 0.318 e. The molecule has 0 heterocycles. The zero-order valence-electron chi connectivity index (χ0n) is 9.82. The highest BCUT2D eigenvalue weighted by atomic mass is 16.4. The molecule has 1 saturated carbocycles. The van der Waals surface area contributed by atoms with Crippen LogP contribution in [0.15, 0.2) is 0 Å². The first-order valence-electron chi connectivity index (χ1n) is 5.85. The number of terminal acetylenes is 1. The summed E-state index contributed by atoms with van der Waals surface area (Å²) >= 11 is 0. The van der Waals surface area contributed by atoms with Crippen LogP contribution in [0.2, 0.25) is 0 Å². The standard InChI is InChI=1S/C12H18N2O3/c1-2-9-14(10-5-3-4-6-10)12(17)13-8-7-11(15)16/h1,10H,3-9H2,(H,13,17)(H,15,16).